The summed E-state index contributed by atoms with van der Waals surface area (Å²) in [5.74, 6) is -0.364. The Morgan fingerprint density at radius 2 is 2.12 bits per heavy atom. The van der Waals surface area contributed by atoms with Crippen LogP contribution in [0.2, 0.25) is 0 Å². The fourth-order valence-corrected chi connectivity index (χ4v) is 2.71. The van der Waals surface area contributed by atoms with Gasteiger partial charge in [-0.2, -0.15) is 0 Å². The van der Waals surface area contributed by atoms with Crippen molar-refractivity contribution in [2.24, 2.45) is 0 Å². The third-order valence-corrected chi connectivity index (χ3v) is 4.27. The highest BCUT2D eigenvalue weighted by Gasteiger charge is 2.52. The molecule has 1 aromatic heterocycles. The van der Waals surface area contributed by atoms with Crippen LogP contribution in [0.3, 0.4) is 0 Å². The number of hydrogen-bond acceptors (Lipinski definition) is 5. The first-order valence-electron chi connectivity index (χ1n) is 8.13. The number of carbonyl (C=O) groups excluding carboxylic acids is 1. The number of anilines is 1. The average molecular weight is 354 g/mol. The maximum Gasteiger partial charge on any atom is 0.236 e. The minimum absolute atomic E-state index is 0.0777. The van der Waals surface area contributed by atoms with Gasteiger partial charge in [0, 0.05) is 29.7 Å². The van der Waals surface area contributed by atoms with Crippen molar-refractivity contribution in [1.29, 1.82) is 5.41 Å². The van der Waals surface area contributed by atoms with Gasteiger partial charge in [-0.05, 0) is 31.1 Å². The van der Waals surface area contributed by atoms with Crippen molar-refractivity contribution in [1.82, 2.24) is 10.3 Å². The third-order valence-electron chi connectivity index (χ3n) is 4.27. The highest BCUT2D eigenvalue weighted by Crippen LogP contribution is 2.49. The van der Waals surface area contributed by atoms with Crippen LogP contribution in [0.5, 0.6) is 5.88 Å². The van der Waals surface area contributed by atoms with Crippen LogP contribution in [0.1, 0.15) is 18.4 Å². The molecule has 1 aliphatic carbocycles. The van der Waals surface area contributed by atoms with E-state index in [1.54, 1.807) is 36.5 Å². The summed E-state index contributed by atoms with van der Waals surface area (Å²) < 4.78 is 19.0. The lowest BCUT2D eigenvalue weighted by Gasteiger charge is -2.16. The van der Waals surface area contributed by atoms with E-state index in [4.69, 9.17) is 10.1 Å². The quantitative estimate of drug-likeness (QED) is 0.550. The Kier molecular flexibility index (Phi) is 4.97. The van der Waals surface area contributed by atoms with Gasteiger partial charge < -0.3 is 15.4 Å². The Hall–Kier alpha value is -3.22. The summed E-state index contributed by atoms with van der Waals surface area (Å²) >= 11 is 0. The van der Waals surface area contributed by atoms with Crippen LogP contribution in [-0.4, -0.2) is 23.8 Å². The predicted molar refractivity (Wildman–Crippen MR) is 96.7 cm³/mol. The lowest BCUT2D eigenvalue weighted by Crippen LogP contribution is -2.38. The minimum Gasteiger partial charge on any atom is -0.481 e. The number of rotatable bonds is 6. The molecule has 3 rings (SSSR count). The molecule has 134 valence electrons. The van der Waals surface area contributed by atoms with Crippen molar-refractivity contribution in [2.45, 2.75) is 18.3 Å². The SMILES string of the molecule is COc1cc(N/C=C\C(=N)NC(=O)C2(c3ccccc3F)CC2)ccn1. The van der Waals surface area contributed by atoms with Crippen molar-refractivity contribution >= 4 is 17.4 Å². The number of halogens is 1. The highest BCUT2D eigenvalue weighted by atomic mass is 19.1. The fourth-order valence-electron chi connectivity index (χ4n) is 2.71. The summed E-state index contributed by atoms with van der Waals surface area (Å²) in [5.41, 5.74) is 0.255. The Morgan fingerprint density at radius 1 is 1.35 bits per heavy atom. The minimum atomic E-state index is -0.864. The third kappa shape index (κ3) is 3.72. The van der Waals surface area contributed by atoms with Gasteiger partial charge in [-0.1, -0.05) is 18.2 Å². The molecular formula is C19H19FN4O2. The molecule has 0 unspecified atom stereocenters. The number of benzene rings is 1. The zero-order chi connectivity index (χ0) is 18.6. The summed E-state index contributed by atoms with van der Waals surface area (Å²) in [7, 11) is 1.52. The maximum absolute atomic E-state index is 14.0. The van der Waals surface area contributed by atoms with Gasteiger partial charge in [-0.25, -0.2) is 9.37 Å². The first-order valence-corrected chi connectivity index (χ1v) is 8.13. The van der Waals surface area contributed by atoms with Crippen LogP contribution < -0.4 is 15.4 Å². The standard InChI is InChI=1S/C19H19FN4O2/c1-26-17-12-13(6-10-23-17)22-11-7-16(21)24-18(25)19(8-9-19)14-4-2-3-5-15(14)20/h2-7,10-12H,8-9H2,1H3,(H,22,23)(H2,21,24,25)/b11-7-. The molecule has 1 amide bonds. The summed E-state index contributed by atoms with van der Waals surface area (Å²) in [6.07, 6.45) is 5.69. The van der Waals surface area contributed by atoms with E-state index in [9.17, 15) is 9.18 Å². The van der Waals surface area contributed by atoms with Gasteiger partial charge in [-0.3, -0.25) is 10.2 Å². The number of nitrogens with zero attached hydrogens (tertiary/aromatic N) is 1. The molecule has 1 aliphatic rings. The van der Waals surface area contributed by atoms with E-state index in [-0.39, 0.29) is 11.7 Å². The van der Waals surface area contributed by atoms with Gasteiger partial charge in [0.1, 0.15) is 11.7 Å². The molecule has 1 aromatic carbocycles. The number of amides is 1. The van der Waals surface area contributed by atoms with Crippen molar-refractivity contribution in [3.05, 3.63) is 66.3 Å². The van der Waals surface area contributed by atoms with Gasteiger partial charge in [0.25, 0.3) is 0 Å². The molecule has 2 aromatic rings. The Balaban J connectivity index is 1.59. The molecule has 0 spiro atoms. The van der Waals surface area contributed by atoms with Crippen LogP contribution in [0.4, 0.5) is 10.1 Å². The first-order chi connectivity index (χ1) is 12.5. The summed E-state index contributed by atoms with van der Waals surface area (Å²) in [6.45, 7) is 0. The molecule has 1 fully saturated rings. The molecule has 0 aliphatic heterocycles. The van der Waals surface area contributed by atoms with E-state index < -0.39 is 11.2 Å². The summed E-state index contributed by atoms with van der Waals surface area (Å²) in [4.78, 5) is 16.5. The number of methoxy groups -OCH3 is 1. The molecule has 1 saturated carbocycles. The van der Waals surface area contributed by atoms with Gasteiger partial charge in [0.15, 0.2) is 0 Å². The molecule has 3 N–H and O–H groups in total. The lowest BCUT2D eigenvalue weighted by atomic mass is 9.94. The number of nitrogens with one attached hydrogen (secondary N) is 3. The van der Waals surface area contributed by atoms with E-state index >= 15 is 0 Å². The second-order valence-electron chi connectivity index (χ2n) is 5.99. The predicted octanol–water partition coefficient (Wildman–Crippen LogP) is 2.98. The molecule has 6 nitrogen and oxygen atoms in total. The molecule has 0 saturated heterocycles. The first kappa shape index (κ1) is 17.6. The van der Waals surface area contributed by atoms with Crippen molar-refractivity contribution < 1.29 is 13.9 Å². The van der Waals surface area contributed by atoms with E-state index in [0.29, 0.717) is 24.3 Å². The zero-order valence-corrected chi connectivity index (χ0v) is 14.3. The molecule has 1 heterocycles. The fraction of sp³-hybridized carbons (Fsp3) is 0.211. The molecule has 0 bridgehead atoms. The van der Waals surface area contributed by atoms with Crippen molar-refractivity contribution in [2.75, 3.05) is 12.4 Å². The molecule has 0 radical (unpaired) electrons. The smallest absolute Gasteiger partial charge is 0.236 e. The van der Waals surface area contributed by atoms with Gasteiger partial charge in [-0.15, -0.1) is 0 Å². The average Bonchev–Trinajstić information content (AvgIpc) is 3.44. The van der Waals surface area contributed by atoms with Gasteiger partial charge in [0.2, 0.25) is 11.8 Å². The Morgan fingerprint density at radius 3 is 2.81 bits per heavy atom. The number of pyridine rings is 1. The zero-order valence-electron chi connectivity index (χ0n) is 14.3. The molecular weight excluding hydrogens is 335 g/mol. The number of aromatic nitrogens is 1. The summed E-state index contributed by atoms with van der Waals surface area (Å²) in [5, 5.41) is 13.4. The Bertz CT molecular complexity index is 862. The van der Waals surface area contributed by atoms with E-state index in [1.807, 2.05) is 0 Å². The maximum atomic E-state index is 14.0. The van der Waals surface area contributed by atoms with E-state index in [1.165, 1.54) is 25.5 Å². The van der Waals surface area contributed by atoms with Crippen LogP contribution >= 0.6 is 0 Å². The van der Waals surface area contributed by atoms with Gasteiger partial charge >= 0.3 is 0 Å². The largest absolute Gasteiger partial charge is 0.481 e. The van der Waals surface area contributed by atoms with Crippen LogP contribution in [-0.2, 0) is 10.2 Å². The number of amidine groups is 1. The topological polar surface area (TPSA) is 87.1 Å². The van der Waals surface area contributed by atoms with Crippen LogP contribution in [0, 0.1) is 11.2 Å². The molecule has 26 heavy (non-hydrogen) atoms. The van der Waals surface area contributed by atoms with Crippen molar-refractivity contribution in [3.8, 4) is 5.88 Å². The van der Waals surface area contributed by atoms with E-state index in [2.05, 4.69) is 15.6 Å². The Labute approximate surface area is 150 Å². The number of ether oxygens (including phenoxy) is 1. The van der Waals surface area contributed by atoms with E-state index in [0.717, 1.165) is 5.69 Å². The molecule has 7 heteroatoms. The lowest BCUT2D eigenvalue weighted by molar-refractivity contribution is -0.122. The summed E-state index contributed by atoms with van der Waals surface area (Å²) in [6, 6.07) is 9.72. The number of carbonyl (C=O) groups is 1. The number of hydrogen-bond donors (Lipinski definition) is 3. The second-order valence-corrected chi connectivity index (χ2v) is 5.99. The van der Waals surface area contributed by atoms with Crippen LogP contribution in [0.25, 0.3) is 0 Å². The van der Waals surface area contributed by atoms with Crippen molar-refractivity contribution in [3.63, 3.8) is 0 Å². The normalized spacial score (nSPS) is 14.7. The molecule has 0 atom stereocenters. The van der Waals surface area contributed by atoms with Crippen LogP contribution in [0.15, 0.2) is 54.9 Å². The second kappa shape index (κ2) is 7.35. The highest BCUT2D eigenvalue weighted by molar-refractivity contribution is 6.07. The monoisotopic (exact) mass is 354 g/mol. The van der Waals surface area contributed by atoms with Gasteiger partial charge in [0.05, 0.1) is 12.5 Å².